The average Bonchev–Trinajstić information content (AvgIpc) is 2.86. The molecule has 3 rings (SSSR count). The summed E-state index contributed by atoms with van der Waals surface area (Å²) < 4.78 is 33.6. The molecule has 0 aliphatic carbocycles. The number of benzene rings is 3. The molecule has 1 N–H and O–H groups in total. The maximum absolute atomic E-state index is 13.5. The smallest absolute Gasteiger partial charge is 0.243 e. The van der Waals surface area contributed by atoms with Gasteiger partial charge in [0.2, 0.25) is 15.9 Å². The van der Waals surface area contributed by atoms with Gasteiger partial charge in [-0.2, -0.15) is 4.31 Å². The first kappa shape index (κ1) is 26.4. The van der Waals surface area contributed by atoms with Gasteiger partial charge in [-0.3, -0.25) is 4.79 Å². The summed E-state index contributed by atoms with van der Waals surface area (Å²) in [4.78, 5) is 13.0. The molecule has 0 radical (unpaired) electrons. The molecule has 3 aromatic rings. The number of nitrogens with one attached hydrogen (secondary N) is 1. The number of ether oxygens (including phenoxy) is 1. The Morgan fingerprint density at radius 1 is 0.943 bits per heavy atom. The minimum atomic E-state index is -3.89. The third-order valence-electron chi connectivity index (χ3n) is 5.93. The third kappa shape index (κ3) is 7.67. The minimum absolute atomic E-state index is 0.0791. The topological polar surface area (TPSA) is 75.7 Å². The molecule has 35 heavy (non-hydrogen) atoms. The fraction of sp³-hybridized carbons (Fsp3) is 0.321. The Kier molecular flexibility index (Phi) is 9.46. The van der Waals surface area contributed by atoms with E-state index in [0.29, 0.717) is 12.2 Å². The largest absolute Gasteiger partial charge is 0.496 e. The lowest BCUT2D eigenvalue weighted by atomic mass is 10.1. The summed E-state index contributed by atoms with van der Waals surface area (Å²) >= 11 is 0. The standard InChI is InChI=1S/C28H34N2O4S/c1-22-20-26(16-17-27(22)34-3)35(32,33)30(19-18-25-12-8-5-9-13-25)21-28(31)29-23(2)14-15-24-10-6-4-7-11-24/h4-13,16-17,20,23H,14-15,18-19,21H2,1-3H3,(H,29,31)/t23-/m1/s1. The maximum atomic E-state index is 13.5. The Labute approximate surface area is 209 Å². The summed E-state index contributed by atoms with van der Waals surface area (Å²) in [6, 6.07) is 24.4. The zero-order valence-corrected chi connectivity index (χ0v) is 21.4. The SMILES string of the molecule is COc1ccc(S(=O)(=O)N(CCc2ccccc2)CC(=O)N[C@H](C)CCc2ccccc2)cc1C. The van der Waals surface area contributed by atoms with Gasteiger partial charge in [0.25, 0.3) is 0 Å². The van der Waals surface area contributed by atoms with Gasteiger partial charge in [0.05, 0.1) is 18.6 Å². The van der Waals surface area contributed by atoms with Crippen molar-refractivity contribution in [3.8, 4) is 5.75 Å². The van der Waals surface area contributed by atoms with E-state index in [1.165, 1.54) is 15.9 Å². The van der Waals surface area contributed by atoms with Crippen molar-refractivity contribution in [1.29, 1.82) is 0 Å². The summed E-state index contributed by atoms with van der Waals surface area (Å²) in [5.74, 6) is 0.303. The fourth-order valence-electron chi connectivity index (χ4n) is 3.92. The van der Waals surface area contributed by atoms with Crippen LogP contribution in [0.25, 0.3) is 0 Å². The Morgan fingerprint density at radius 3 is 2.11 bits per heavy atom. The molecule has 0 fully saturated rings. The van der Waals surface area contributed by atoms with E-state index in [1.807, 2.05) is 55.5 Å². The molecule has 3 aromatic carbocycles. The van der Waals surface area contributed by atoms with Crippen molar-refractivity contribution in [3.63, 3.8) is 0 Å². The third-order valence-corrected chi connectivity index (χ3v) is 7.77. The van der Waals surface area contributed by atoms with E-state index in [2.05, 4.69) is 17.4 Å². The van der Waals surface area contributed by atoms with Crippen molar-refractivity contribution in [2.45, 2.75) is 44.0 Å². The molecule has 186 valence electrons. The van der Waals surface area contributed by atoms with Crippen LogP contribution in [0.3, 0.4) is 0 Å². The van der Waals surface area contributed by atoms with Crippen LogP contribution in [0.1, 0.15) is 30.0 Å². The number of aryl methyl sites for hydroxylation is 2. The number of rotatable bonds is 12. The lowest BCUT2D eigenvalue weighted by Gasteiger charge is -2.23. The highest BCUT2D eigenvalue weighted by molar-refractivity contribution is 7.89. The number of carbonyl (C=O) groups excluding carboxylic acids is 1. The van der Waals surface area contributed by atoms with E-state index in [-0.39, 0.29) is 29.9 Å². The quantitative estimate of drug-likeness (QED) is 0.406. The molecule has 0 heterocycles. The Morgan fingerprint density at radius 2 is 1.54 bits per heavy atom. The predicted octanol–water partition coefficient (Wildman–Crippen LogP) is 4.37. The highest BCUT2D eigenvalue weighted by Gasteiger charge is 2.27. The van der Waals surface area contributed by atoms with E-state index in [0.717, 1.165) is 24.0 Å². The van der Waals surface area contributed by atoms with Crippen LogP contribution in [0.4, 0.5) is 0 Å². The van der Waals surface area contributed by atoms with E-state index in [9.17, 15) is 13.2 Å². The number of nitrogens with zero attached hydrogens (tertiary/aromatic N) is 1. The van der Waals surface area contributed by atoms with Crippen molar-refractivity contribution in [1.82, 2.24) is 9.62 Å². The van der Waals surface area contributed by atoms with Crippen molar-refractivity contribution >= 4 is 15.9 Å². The molecule has 0 saturated carbocycles. The van der Waals surface area contributed by atoms with Crippen molar-refractivity contribution in [2.75, 3.05) is 20.2 Å². The van der Waals surface area contributed by atoms with Gasteiger partial charge in [-0.15, -0.1) is 0 Å². The molecule has 7 heteroatoms. The van der Waals surface area contributed by atoms with Crippen LogP contribution in [0.5, 0.6) is 5.75 Å². The van der Waals surface area contributed by atoms with Crippen LogP contribution in [0.2, 0.25) is 0 Å². The summed E-state index contributed by atoms with van der Waals surface area (Å²) in [6.45, 7) is 3.70. The lowest BCUT2D eigenvalue weighted by Crippen LogP contribution is -2.44. The molecular formula is C28H34N2O4S. The van der Waals surface area contributed by atoms with Crippen LogP contribution in [0.15, 0.2) is 83.8 Å². The van der Waals surface area contributed by atoms with Crippen LogP contribution < -0.4 is 10.1 Å². The van der Waals surface area contributed by atoms with Crippen molar-refractivity contribution < 1.29 is 17.9 Å². The molecule has 0 aromatic heterocycles. The van der Waals surface area contributed by atoms with Gasteiger partial charge in [0, 0.05) is 12.6 Å². The first-order valence-electron chi connectivity index (χ1n) is 11.8. The molecule has 0 aliphatic rings. The minimum Gasteiger partial charge on any atom is -0.496 e. The Hall–Kier alpha value is -3.16. The van der Waals surface area contributed by atoms with Gasteiger partial charge in [-0.05, 0) is 68.0 Å². The van der Waals surface area contributed by atoms with Crippen LogP contribution in [0, 0.1) is 6.92 Å². The molecule has 0 bridgehead atoms. The van der Waals surface area contributed by atoms with Gasteiger partial charge in [0.15, 0.2) is 0 Å². The number of hydrogen-bond donors (Lipinski definition) is 1. The van der Waals surface area contributed by atoms with Crippen LogP contribution in [-0.2, 0) is 27.7 Å². The molecule has 6 nitrogen and oxygen atoms in total. The molecule has 1 amide bonds. The molecular weight excluding hydrogens is 460 g/mol. The zero-order valence-electron chi connectivity index (χ0n) is 20.6. The van der Waals surface area contributed by atoms with Gasteiger partial charge >= 0.3 is 0 Å². The first-order chi connectivity index (χ1) is 16.8. The predicted molar refractivity (Wildman–Crippen MR) is 139 cm³/mol. The molecule has 0 unspecified atom stereocenters. The van der Waals surface area contributed by atoms with E-state index < -0.39 is 10.0 Å². The number of carbonyl (C=O) groups is 1. The number of amides is 1. The zero-order chi connectivity index (χ0) is 25.3. The normalized spacial score (nSPS) is 12.3. The van der Waals surface area contributed by atoms with Crippen molar-refractivity contribution in [3.05, 3.63) is 95.6 Å². The Bertz CT molecular complexity index is 1200. The van der Waals surface area contributed by atoms with E-state index in [4.69, 9.17) is 4.74 Å². The van der Waals surface area contributed by atoms with Crippen molar-refractivity contribution in [2.24, 2.45) is 0 Å². The van der Waals surface area contributed by atoms with Crippen LogP contribution >= 0.6 is 0 Å². The monoisotopic (exact) mass is 494 g/mol. The summed E-state index contributed by atoms with van der Waals surface area (Å²) in [5, 5.41) is 2.97. The summed E-state index contributed by atoms with van der Waals surface area (Å²) in [5.41, 5.74) is 2.93. The second-order valence-electron chi connectivity index (χ2n) is 8.70. The highest BCUT2D eigenvalue weighted by Crippen LogP contribution is 2.24. The highest BCUT2D eigenvalue weighted by atomic mass is 32.2. The second kappa shape index (κ2) is 12.5. The maximum Gasteiger partial charge on any atom is 0.243 e. The molecule has 1 atom stereocenters. The second-order valence-corrected chi connectivity index (χ2v) is 10.6. The number of methoxy groups -OCH3 is 1. The van der Waals surface area contributed by atoms with Crippen LogP contribution in [-0.4, -0.2) is 44.9 Å². The fourth-order valence-corrected chi connectivity index (χ4v) is 5.41. The van der Waals surface area contributed by atoms with Gasteiger partial charge in [-0.25, -0.2) is 8.42 Å². The van der Waals surface area contributed by atoms with Gasteiger partial charge in [-0.1, -0.05) is 60.7 Å². The average molecular weight is 495 g/mol. The van der Waals surface area contributed by atoms with E-state index >= 15 is 0 Å². The summed E-state index contributed by atoms with van der Waals surface area (Å²) in [6.07, 6.45) is 2.11. The van der Waals surface area contributed by atoms with Gasteiger partial charge in [0.1, 0.15) is 5.75 Å². The lowest BCUT2D eigenvalue weighted by molar-refractivity contribution is -0.121. The number of sulfonamides is 1. The molecule has 0 aliphatic heterocycles. The van der Waals surface area contributed by atoms with E-state index in [1.54, 1.807) is 26.2 Å². The Balaban J connectivity index is 1.72. The molecule has 0 saturated heterocycles. The summed E-state index contributed by atoms with van der Waals surface area (Å²) in [7, 11) is -2.34. The molecule has 0 spiro atoms. The first-order valence-corrected chi connectivity index (χ1v) is 13.3. The number of hydrogen-bond acceptors (Lipinski definition) is 4. The van der Waals surface area contributed by atoms with Gasteiger partial charge < -0.3 is 10.1 Å².